The quantitative estimate of drug-likeness (QED) is 0.781. The zero-order chi connectivity index (χ0) is 12.3. The molecule has 0 aromatic heterocycles. The zero-order valence-electron chi connectivity index (χ0n) is 11.1. The molecule has 0 unspecified atom stereocenters. The maximum atomic E-state index is 12.2. The normalized spacial score (nSPS) is 26.8. The molecule has 0 aromatic carbocycles. The third-order valence-electron chi connectivity index (χ3n) is 3.67. The van der Waals surface area contributed by atoms with Crippen LogP contribution in [0, 0.1) is 5.92 Å². The Labute approximate surface area is 104 Å². The van der Waals surface area contributed by atoms with Gasteiger partial charge in [0.05, 0.1) is 6.04 Å². The molecule has 2 aliphatic rings. The Morgan fingerprint density at radius 2 is 2.00 bits per heavy atom. The Kier molecular flexibility index (Phi) is 4.40. The molecule has 2 heterocycles. The summed E-state index contributed by atoms with van der Waals surface area (Å²) >= 11 is 0. The first-order valence-electron chi connectivity index (χ1n) is 6.91. The van der Waals surface area contributed by atoms with Crippen LogP contribution >= 0.6 is 0 Å². The van der Waals surface area contributed by atoms with Crippen molar-refractivity contribution in [3.8, 4) is 0 Å². The molecule has 1 N–H and O–H groups in total. The van der Waals surface area contributed by atoms with Crippen LogP contribution in [0.1, 0.15) is 26.7 Å². The van der Waals surface area contributed by atoms with Crippen molar-refractivity contribution in [3.05, 3.63) is 0 Å². The predicted molar refractivity (Wildman–Crippen MR) is 68.9 cm³/mol. The highest BCUT2D eigenvalue weighted by Crippen LogP contribution is 2.11. The maximum Gasteiger partial charge on any atom is 0.239 e. The van der Waals surface area contributed by atoms with E-state index in [1.165, 1.54) is 0 Å². The molecule has 4 nitrogen and oxygen atoms in total. The second-order valence-electron chi connectivity index (χ2n) is 5.67. The molecule has 0 aromatic rings. The first kappa shape index (κ1) is 12.8. The highest BCUT2D eigenvalue weighted by molar-refractivity contribution is 5.82. The minimum Gasteiger partial charge on any atom is -0.339 e. The summed E-state index contributed by atoms with van der Waals surface area (Å²) in [6, 6.07) is 0.103. The van der Waals surface area contributed by atoms with E-state index in [4.69, 9.17) is 0 Å². The molecule has 1 atom stereocenters. The van der Waals surface area contributed by atoms with Crippen LogP contribution in [0.25, 0.3) is 0 Å². The number of rotatable bonds is 3. The summed E-state index contributed by atoms with van der Waals surface area (Å²) in [5.74, 6) is 1.04. The molecule has 17 heavy (non-hydrogen) atoms. The van der Waals surface area contributed by atoms with E-state index >= 15 is 0 Å². The van der Waals surface area contributed by atoms with Gasteiger partial charge in [0.2, 0.25) is 5.91 Å². The summed E-state index contributed by atoms with van der Waals surface area (Å²) < 4.78 is 0. The smallest absolute Gasteiger partial charge is 0.239 e. The lowest BCUT2D eigenvalue weighted by Crippen LogP contribution is -2.53. The van der Waals surface area contributed by atoms with Gasteiger partial charge < -0.3 is 10.2 Å². The van der Waals surface area contributed by atoms with Gasteiger partial charge in [-0.1, -0.05) is 13.8 Å². The average Bonchev–Trinajstić information content (AvgIpc) is 2.82. The van der Waals surface area contributed by atoms with E-state index < -0.39 is 0 Å². The van der Waals surface area contributed by atoms with Gasteiger partial charge in [-0.05, 0) is 25.3 Å². The Bertz CT molecular complexity index is 253. The Hall–Kier alpha value is -0.610. The molecule has 0 spiro atoms. The SMILES string of the molecule is CC(C)CN1CCN(C(=O)[C@H]2CCCN2)CC1. The summed E-state index contributed by atoms with van der Waals surface area (Å²) in [6.07, 6.45) is 2.16. The molecule has 0 bridgehead atoms. The highest BCUT2D eigenvalue weighted by Gasteiger charge is 2.29. The van der Waals surface area contributed by atoms with Crippen LogP contribution in [0.5, 0.6) is 0 Å². The van der Waals surface area contributed by atoms with E-state index in [2.05, 4.69) is 24.1 Å². The molecular formula is C13H25N3O. The molecule has 4 heteroatoms. The molecule has 2 saturated heterocycles. The maximum absolute atomic E-state index is 12.2. The minimum atomic E-state index is 0.103. The van der Waals surface area contributed by atoms with E-state index in [1.807, 2.05) is 4.90 Å². The summed E-state index contributed by atoms with van der Waals surface area (Å²) in [5, 5.41) is 3.29. The molecule has 0 aliphatic carbocycles. The number of hydrogen-bond acceptors (Lipinski definition) is 3. The lowest BCUT2D eigenvalue weighted by atomic mass is 10.1. The van der Waals surface area contributed by atoms with Gasteiger partial charge in [-0.3, -0.25) is 9.69 Å². The van der Waals surface area contributed by atoms with Crippen molar-refractivity contribution >= 4 is 5.91 Å². The lowest BCUT2D eigenvalue weighted by molar-refractivity contribution is -0.134. The number of piperazine rings is 1. The van der Waals surface area contributed by atoms with Crippen molar-refractivity contribution in [3.63, 3.8) is 0 Å². The number of carbonyl (C=O) groups is 1. The molecule has 1 amide bonds. The standard InChI is InChI=1S/C13H25N3O/c1-11(2)10-15-6-8-16(9-7-15)13(17)12-4-3-5-14-12/h11-12,14H,3-10H2,1-2H3/t12-/m1/s1. The van der Waals surface area contributed by atoms with Crippen LogP contribution in [0.4, 0.5) is 0 Å². The van der Waals surface area contributed by atoms with Gasteiger partial charge in [0.1, 0.15) is 0 Å². The number of hydrogen-bond donors (Lipinski definition) is 1. The van der Waals surface area contributed by atoms with Crippen molar-refractivity contribution < 1.29 is 4.79 Å². The van der Waals surface area contributed by atoms with E-state index in [0.717, 1.165) is 52.1 Å². The van der Waals surface area contributed by atoms with Gasteiger partial charge in [-0.25, -0.2) is 0 Å². The number of nitrogens with one attached hydrogen (secondary N) is 1. The van der Waals surface area contributed by atoms with Crippen LogP contribution in [0.15, 0.2) is 0 Å². The molecular weight excluding hydrogens is 214 g/mol. The lowest BCUT2D eigenvalue weighted by Gasteiger charge is -2.36. The Morgan fingerprint density at radius 1 is 1.29 bits per heavy atom. The molecule has 2 fully saturated rings. The van der Waals surface area contributed by atoms with Gasteiger partial charge in [-0.2, -0.15) is 0 Å². The van der Waals surface area contributed by atoms with Crippen LogP contribution in [-0.4, -0.2) is 61.0 Å². The Balaban J connectivity index is 1.76. The van der Waals surface area contributed by atoms with E-state index in [0.29, 0.717) is 11.8 Å². The monoisotopic (exact) mass is 239 g/mol. The van der Waals surface area contributed by atoms with Crippen LogP contribution in [0.3, 0.4) is 0 Å². The first-order chi connectivity index (χ1) is 8.16. The van der Waals surface area contributed by atoms with Gasteiger partial charge in [0.15, 0.2) is 0 Å². The topological polar surface area (TPSA) is 35.6 Å². The molecule has 2 aliphatic heterocycles. The first-order valence-corrected chi connectivity index (χ1v) is 6.91. The summed E-state index contributed by atoms with van der Waals surface area (Å²) in [5.41, 5.74) is 0. The fourth-order valence-electron chi connectivity index (χ4n) is 2.78. The van der Waals surface area contributed by atoms with Crippen molar-refractivity contribution in [1.29, 1.82) is 0 Å². The average molecular weight is 239 g/mol. The third-order valence-corrected chi connectivity index (χ3v) is 3.67. The van der Waals surface area contributed by atoms with Crippen LogP contribution in [-0.2, 0) is 4.79 Å². The molecule has 2 rings (SSSR count). The highest BCUT2D eigenvalue weighted by atomic mass is 16.2. The van der Waals surface area contributed by atoms with Crippen molar-refractivity contribution in [2.45, 2.75) is 32.7 Å². The number of amides is 1. The van der Waals surface area contributed by atoms with E-state index in [9.17, 15) is 4.79 Å². The van der Waals surface area contributed by atoms with Crippen molar-refractivity contribution in [1.82, 2.24) is 15.1 Å². The van der Waals surface area contributed by atoms with Crippen molar-refractivity contribution in [2.24, 2.45) is 5.92 Å². The Morgan fingerprint density at radius 3 is 2.53 bits per heavy atom. The molecule has 98 valence electrons. The van der Waals surface area contributed by atoms with Crippen LogP contribution < -0.4 is 5.32 Å². The van der Waals surface area contributed by atoms with Gasteiger partial charge in [0, 0.05) is 32.7 Å². The van der Waals surface area contributed by atoms with Crippen LogP contribution in [0.2, 0.25) is 0 Å². The van der Waals surface area contributed by atoms with Gasteiger partial charge in [-0.15, -0.1) is 0 Å². The van der Waals surface area contributed by atoms with Crippen molar-refractivity contribution in [2.75, 3.05) is 39.3 Å². The second-order valence-corrected chi connectivity index (χ2v) is 5.67. The van der Waals surface area contributed by atoms with E-state index in [-0.39, 0.29) is 6.04 Å². The predicted octanol–water partition coefficient (Wildman–Crippen LogP) is 0.539. The fourth-order valence-corrected chi connectivity index (χ4v) is 2.78. The summed E-state index contributed by atoms with van der Waals surface area (Å²) in [6.45, 7) is 10.5. The molecule has 0 saturated carbocycles. The van der Waals surface area contributed by atoms with E-state index in [1.54, 1.807) is 0 Å². The largest absolute Gasteiger partial charge is 0.339 e. The second kappa shape index (κ2) is 5.83. The fraction of sp³-hybridized carbons (Fsp3) is 0.923. The zero-order valence-corrected chi connectivity index (χ0v) is 11.1. The van der Waals surface area contributed by atoms with Gasteiger partial charge in [0.25, 0.3) is 0 Å². The molecule has 0 radical (unpaired) electrons. The summed E-state index contributed by atoms with van der Waals surface area (Å²) in [7, 11) is 0. The third kappa shape index (κ3) is 3.42. The van der Waals surface area contributed by atoms with Gasteiger partial charge >= 0.3 is 0 Å². The minimum absolute atomic E-state index is 0.103. The summed E-state index contributed by atoms with van der Waals surface area (Å²) in [4.78, 5) is 16.7. The number of nitrogens with zero attached hydrogens (tertiary/aromatic N) is 2. The number of carbonyl (C=O) groups excluding carboxylic acids is 1.